The predicted molar refractivity (Wildman–Crippen MR) is 48.2 cm³/mol. The van der Waals surface area contributed by atoms with Crippen LogP contribution in [0, 0.1) is 0 Å². The van der Waals surface area contributed by atoms with E-state index in [0.29, 0.717) is 5.56 Å². The fraction of sp³-hybridized carbons (Fsp3) is 0.250. The van der Waals surface area contributed by atoms with Gasteiger partial charge in [-0.1, -0.05) is 30.3 Å². The van der Waals surface area contributed by atoms with Crippen molar-refractivity contribution in [3.63, 3.8) is 0 Å². The van der Waals surface area contributed by atoms with Crippen LogP contribution in [0.15, 0.2) is 30.3 Å². The maximum atomic E-state index is 11.5. The van der Waals surface area contributed by atoms with E-state index < -0.39 is 20.1 Å². The number of halogens is 3. The summed E-state index contributed by atoms with van der Waals surface area (Å²) in [6.45, 7) is 0. The SMILES string of the molecule is O=P(O)(Cc1ccccc1)OOC(F)(F)F. The molecule has 4 nitrogen and oxygen atoms in total. The molecule has 0 fully saturated rings. The van der Waals surface area contributed by atoms with Gasteiger partial charge >= 0.3 is 14.0 Å². The Morgan fingerprint density at radius 3 is 2.31 bits per heavy atom. The van der Waals surface area contributed by atoms with Crippen molar-refractivity contribution in [2.45, 2.75) is 12.5 Å². The fourth-order valence-electron chi connectivity index (χ4n) is 0.941. The van der Waals surface area contributed by atoms with Crippen molar-refractivity contribution in [3.8, 4) is 0 Å². The van der Waals surface area contributed by atoms with Crippen molar-refractivity contribution in [1.29, 1.82) is 0 Å². The predicted octanol–water partition coefficient (Wildman–Crippen LogP) is 2.84. The van der Waals surface area contributed by atoms with Gasteiger partial charge in [0.15, 0.2) is 0 Å². The molecule has 1 aromatic carbocycles. The van der Waals surface area contributed by atoms with Crippen LogP contribution in [0.4, 0.5) is 13.2 Å². The van der Waals surface area contributed by atoms with Crippen LogP contribution in [0.25, 0.3) is 0 Å². The van der Waals surface area contributed by atoms with Gasteiger partial charge < -0.3 is 4.89 Å². The normalized spacial score (nSPS) is 15.8. The third-order valence-corrected chi connectivity index (χ3v) is 2.55. The molecule has 1 unspecified atom stereocenters. The average Bonchev–Trinajstić information content (AvgIpc) is 2.15. The molecule has 0 aliphatic rings. The average molecular weight is 256 g/mol. The van der Waals surface area contributed by atoms with Crippen LogP contribution in [0.1, 0.15) is 5.56 Å². The van der Waals surface area contributed by atoms with Gasteiger partial charge in [-0.15, -0.1) is 22.7 Å². The van der Waals surface area contributed by atoms with Crippen molar-refractivity contribution in [3.05, 3.63) is 35.9 Å². The Morgan fingerprint density at radius 2 is 1.81 bits per heavy atom. The Bertz CT molecular complexity index is 379. The van der Waals surface area contributed by atoms with Gasteiger partial charge in [-0.2, -0.15) is 0 Å². The Morgan fingerprint density at radius 1 is 1.25 bits per heavy atom. The van der Waals surface area contributed by atoms with Gasteiger partial charge in [0.25, 0.3) is 0 Å². The monoisotopic (exact) mass is 256 g/mol. The standard InChI is InChI=1S/C8H8F3O4P/c9-8(10,11)14-15-16(12,13)6-7-4-2-1-3-5-7/h1-5H,6H2,(H,12,13). The van der Waals surface area contributed by atoms with E-state index in [4.69, 9.17) is 4.89 Å². The Labute approximate surface area is 89.1 Å². The summed E-state index contributed by atoms with van der Waals surface area (Å²) < 4.78 is 49.3. The van der Waals surface area contributed by atoms with Gasteiger partial charge in [0.1, 0.15) is 0 Å². The largest absolute Gasteiger partial charge is 0.549 e. The molecule has 0 amide bonds. The van der Waals surface area contributed by atoms with E-state index in [0.717, 1.165) is 0 Å². The Balaban J connectivity index is 2.56. The van der Waals surface area contributed by atoms with Gasteiger partial charge in [0.05, 0.1) is 6.16 Å². The molecule has 0 saturated carbocycles. The van der Waals surface area contributed by atoms with Gasteiger partial charge in [-0.3, -0.25) is 4.57 Å². The van der Waals surface area contributed by atoms with E-state index in [1.807, 2.05) is 0 Å². The van der Waals surface area contributed by atoms with Crippen LogP contribution in [0.3, 0.4) is 0 Å². The highest BCUT2D eigenvalue weighted by atomic mass is 31.2. The van der Waals surface area contributed by atoms with Gasteiger partial charge in [0.2, 0.25) is 0 Å². The number of alkyl halides is 3. The maximum Gasteiger partial charge on any atom is 0.549 e. The second kappa shape index (κ2) is 4.97. The molecule has 16 heavy (non-hydrogen) atoms. The molecule has 0 spiro atoms. The topological polar surface area (TPSA) is 55.8 Å². The van der Waals surface area contributed by atoms with E-state index in [1.54, 1.807) is 18.2 Å². The fourth-order valence-corrected chi connectivity index (χ4v) is 1.87. The molecule has 90 valence electrons. The first kappa shape index (κ1) is 13.2. The summed E-state index contributed by atoms with van der Waals surface area (Å²) in [6, 6.07) is 7.80. The lowest BCUT2D eigenvalue weighted by Gasteiger charge is -2.11. The van der Waals surface area contributed by atoms with Crippen LogP contribution in [0.2, 0.25) is 0 Å². The summed E-state index contributed by atoms with van der Waals surface area (Å²) in [5, 5.41) is 0. The zero-order valence-corrected chi connectivity index (χ0v) is 8.74. The molecule has 1 aromatic rings. The summed E-state index contributed by atoms with van der Waals surface area (Å²) in [5.41, 5.74) is 0.374. The van der Waals surface area contributed by atoms with Gasteiger partial charge in [-0.05, 0) is 5.56 Å². The van der Waals surface area contributed by atoms with E-state index >= 15 is 0 Å². The number of benzene rings is 1. The lowest BCUT2D eigenvalue weighted by molar-refractivity contribution is -0.447. The summed E-state index contributed by atoms with van der Waals surface area (Å²) in [6.07, 6.45) is -5.65. The lowest BCUT2D eigenvalue weighted by atomic mass is 10.2. The Hall–Kier alpha value is -0.880. The van der Waals surface area contributed by atoms with Crippen molar-refractivity contribution >= 4 is 7.60 Å². The summed E-state index contributed by atoms with van der Waals surface area (Å²) in [4.78, 5) is 11.9. The maximum absolute atomic E-state index is 11.5. The first-order valence-corrected chi connectivity index (χ1v) is 5.85. The van der Waals surface area contributed by atoms with E-state index in [-0.39, 0.29) is 0 Å². The molecule has 1 atom stereocenters. The van der Waals surface area contributed by atoms with Crippen LogP contribution in [0.5, 0.6) is 0 Å². The highest BCUT2D eigenvalue weighted by molar-refractivity contribution is 7.51. The van der Waals surface area contributed by atoms with Gasteiger partial charge in [-0.25, -0.2) is 0 Å². The third-order valence-electron chi connectivity index (χ3n) is 1.47. The smallest absolute Gasteiger partial charge is 0.323 e. The van der Waals surface area contributed by atoms with E-state index in [1.165, 1.54) is 12.1 Å². The highest BCUT2D eigenvalue weighted by Gasteiger charge is 2.35. The van der Waals surface area contributed by atoms with Crippen LogP contribution >= 0.6 is 7.60 Å². The summed E-state index contributed by atoms with van der Waals surface area (Å²) in [7, 11) is -4.45. The second-order valence-electron chi connectivity index (χ2n) is 2.88. The minimum Gasteiger partial charge on any atom is -0.323 e. The molecule has 0 bridgehead atoms. The van der Waals surface area contributed by atoms with Crippen molar-refractivity contribution in [2.24, 2.45) is 0 Å². The molecule has 0 aliphatic heterocycles. The van der Waals surface area contributed by atoms with Crippen molar-refractivity contribution in [1.82, 2.24) is 0 Å². The van der Waals surface area contributed by atoms with Crippen molar-refractivity contribution in [2.75, 3.05) is 0 Å². The number of hydrogen-bond acceptors (Lipinski definition) is 3. The van der Waals surface area contributed by atoms with Crippen molar-refractivity contribution < 1.29 is 32.2 Å². The van der Waals surface area contributed by atoms with Gasteiger partial charge in [0, 0.05) is 0 Å². The molecule has 0 aromatic heterocycles. The summed E-state index contributed by atoms with van der Waals surface area (Å²) in [5.74, 6) is 0. The zero-order chi connectivity index (χ0) is 12.2. The van der Waals surface area contributed by atoms with E-state index in [2.05, 4.69) is 9.56 Å². The molecular formula is C8H8F3O4P. The minimum absolute atomic E-state index is 0.374. The summed E-state index contributed by atoms with van der Waals surface area (Å²) >= 11 is 0. The molecule has 0 aliphatic carbocycles. The van der Waals surface area contributed by atoms with Crippen LogP contribution < -0.4 is 0 Å². The minimum atomic E-state index is -5.10. The lowest BCUT2D eigenvalue weighted by Crippen LogP contribution is -2.13. The molecule has 0 radical (unpaired) electrons. The molecule has 1 N–H and O–H groups in total. The molecule has 0 saturated heterocycles. The molecule has 1 rings (SSSR count). The molecule has 0 heterocycles. The first-order valence-electron chi connectivity index (χ1n) is 4.08. The number of rotatable bonds is 4. The van der Waals surface area contributed by atoms with Crippen LogP contribution in [-0.2, 0) is 20.3 Å². The Kier molecular flexibility index (Phi) is 4.09. The van der Waals surface area contributed by atoms with Crippen LogP contribution in [-0.4, -0.2) is 11.3 Å². The molecular weight excluding hydrogens is 248 g/mol. The quantitative estimate of drug-likeness (QED) is 0.511. The van der Waals surface area contributed by atoms with E-state index in [9.17, 15) is 17.7 Å². The third kappa shape index (κ3) is 5.27. The highest BCUT2D eigenvalue weighted by Crippen LogP contribution is 2.47. The second-order valence-corrected chi connectivity index (χ2v) is 4.62. The first-order chi connectivity index (χ1) is 7.29. The zero-order valence-electron chi connectivity index (χ0n) is 7.85. The number of hydrogen-bond donors (Lipinski definition) is 1. The molecule has 8 heteroatoms.